The molecule has 0 saturated heterocycles. The van der Waals surface area contributed by atoms with E-state index in [-0.39, 0.29) is 30.9 Å². The average Bonchev–Trinajstić information content (AvgIpc) is 2.71. The molecule has 0 aromatic heterocycles. The topological polar surface area (TPSA) is 84.5 Å². The Morgan fingerprint density at radius 1 is 0.897 bits per heavy atom. The fraction of sp³-hybridized carbons (Fsp3) is 0.348. The first-order valence-electron chi connectivity index (χ1n) is 9.72. The fourth-order valence-corrected chi connectivity index (χ4v) is 3.01. The molecule has 0 bridgehead atoms. The zero-order chi connectivity index (χ0) is 21.2. The van der Waals surface area contributed by atoms with Crippen LogP contribution in [0.3, 0.4) is 0 Å². The molecular weight excluding hydrogens is 368 g/mol. The van der Waals surface area contributed by atoms with Crippen molar-refractivity contribution < 1.29 is 19.1 Å². The van der Waals surface area contributed by atoms with Crippen LogP contribution in [0.4, 0.5) is 0 Å². The highest BCUT2D eigenvalue weighted by Crippen LogP contribution is 2.18. The lowest BCUT2D eigenvalue weighted by atomic mass is 10.0. The standard InChI is InChI=1S/C23H28N2O4/c1-4-20(19-12-10-16(2)11-13-19)25-22(27)15-29-23(28)14-21(24-17(3)26)18-8-6-5-7-9-18/h5-13,20-21H,4,14-15H2,1-3H3,(H,24,26)(H,25,27). The Hall–Kier alpha value is -3.15. The lowest BCUT2D eigenvalue weighted by Crippen LogP contribution is -2.33. The van der Waals surface area contributed by atoms with Crippen LogP contribution in [0.25, 0.3) is 0 Å². The Bertz CT molecular complexity index is 819. The van der Waals surface area contributed by atoms with Gasteiger partial charge in [-0.15, -0.1) is 0 Å². The molecule has 2 unspecified atom stereocenters. The van der Waals surface area contributed by atoms with Crippen LogP contribution in [-0.4, -0.2) is 24.4 Å². The van der Waals surface area contributed by atoms with Crippen molar-refractivity contribution in [1.82, 2.24) is 10.6 Å². The van der Waals surface area contributed by atoms with Crippen LogP contribution in [0.15, 0.2) is 54.6 Å². The second-order valence-electron chi connectivity index (χ2n) is 6.97. The second kappa shape index (κ2) is 11.0. The highest BCUT2D eigenvalue weighted by Gasteiger charge is 2.19. The van der Waals surface area contributed by atoms with Gasteiger partial charge in [-0.25, -0.2) is 0 Å². The van der Waals surface area contributed by atoms with E-state index in [4.69, 9.17) is 4.74 Å². The van der Waals surface area contributed by atoms with E-state index < -0.39 is 12.0 Å². The van der Waals surface area contributed by atoms with E-state index >= 15 is 0 Å². The van der Waals surface area contributed by atoms with Crippen molar-refractivity contribution in [3.63, 3.8) is 0 Å². The summed E-state index contributed by atoms with van der Waals surface area (Å²) in [6, 6.07) is 16.5. The van der Waals surface area contributed by atoms with Gasteiger partial charge in [-0.05, 0) is 24.5 Å². The highest BCUT2D eigenvalue weighted by atomic mass is 16.5. The molecule has 2 aromatic rings. The minimum absolute atomic E-state index is 0.0496. The minimum Gasteiger partial charge on any atom is -0.456 e. The van der Waals surface area contributed by atoms with Gasteiger partial charge in [0.15, 0.2) is 6.61 Å². The molecule has 29 heavy (non-hydrogen) atoms. The van der Waals surface area contributed by atoms with E-state index in [1.54, 1.807) is 0 Å². The number of benzene rings is 2. The smallest absolute Gasteiger partial charge is 0.308 e. The number of aryl methyl sites for hydroxylation is 1. The Morgan fingerprint density at radius 3 is 2.10 bits per heavy atom. The Morgan fingerprint density at radius 2 is 1.52 bits per heavy atom. The summed E-state index contributed by atoms with van der Waals surface area (Å²) >= 11 is 0. The van der Waals surface area contributed by atoms with E-state index in [9.17, 15) is 14.4 Å². The summed E-state index contributed by atoms with van der Waals surface area (Å²) in [7, 11) is 0. The zero-order valence-electron chi connectivity index (χ0n) is 17.1. The summed E-state index contributed by atoms with van der Waals surface area (Å²) in [5.74, 6) is -1.15. The number of hydrogen-bond donors (Lipinski definition) is 2. The van der Waals surface area contributed by atoms with Crippen molar-refractivity contribution in [3.8, 4) is 0 Å². The number of amides is 2. The zero-order valence-corrected chi connectivity index (χ0v) is 17.1. The van der Waals surface area contributed by atoms with E-state index in [1.807, 2.05) is 68.4 Å². The van der Waals surface area contributed by atoms with Gasteiger partial charge >= 0.3 is 5.97 Å². The number of carbonyl (C=O) groups is 3. The largest absolute Gasteiger partial charge is 0.456 e. The van der Waals surface area contributed by atoms with Gasteiger partial charge in [0.05, 0.1) is 18.5 Å². The molecule has 2 atom stereocenters. The molecule has 0 aliphatic carbocycles. The predicted octanol–water partition coefficient (Wildman–Crippen LogP) is 3.37. The molecule has 0 spiro atoms. The molecule has 2 aromatic carbocycles. The maximum absolute atomic E-state index is 12.2. The number of carbonyl (C=O) groups excluding carboxylic acids is 3. The van der Waals surface area contributed by atoms with Gasteiger partial charge < -0.3 is 15.4 Å². The molecule has 6 nitrogen and oxygen atoms in total. The molecule has 0 aliphatic rings. The van der Waals surface area contributed by atoms with Gasteiger partial charge in [0.2, 0.25) is 5.91 Å². The molecule has 0 radical (unpaired) electrons. The molecule has 0 fully saturated rings. The van der Waals surface area contributed by atoms with Crippen molar-refractivity contribution >= 4 is 17.8 Å². The lowest BCUT2D eigenvalue weighted by Gasteiger charge is -2.19. The quantitative estimate of drug-likeness (QED) is 0.637. The van der Waals surface area contributed by atoms with Crippen LogP contribution >= 0.6 is 0 Å². The Kier molecular flexibility index (Phi) is 8.40. The normalized spacial score (nSPS) is 12.5. The Balaban J connectivity index is 1.88. The van der Waals surface area contributed by atoms with Gasteiger partial charge in [-0.1, -0.05) is 67.1 Å². The van der Waals surface area contributed by atoms with Crippen LogP contribution in [0.5, 0.6) is 0 Å². The van der Waals surface area contributed by atoms with Crippen molar-refractivity contribution in [3.05, 3.63) is 71.3 Å². The third-order valence-electron chi connectivity index (χ3n) is 4.54. The summed E-state index contributed by atoms with van der Waals surface area (Å²) in [5, 5.41) is 5.63. The van der Waals surface area contributed by atoms with E-state index in [2.05, 4.69) is 10.6 Å². The lowest BCUT2D eigenvalue weighted by molar-refractivity contribution is -0.149. The average molecular weight is 396 g/mol. The van der Waals surface area contributed by atoms with E-state index in [0.717, 1.165) is 23.1 Å². The van der Waals surface area contributed by atoms with Gasteiger partial charge in [0, 0.05) is 6.92 Å². The maximum atomic E-state index is 12.2. The summed E-state index contributed by atoms with van der Waals surface area (Å²) in [6.07, 6.45) is 0.674. The molecule has 2 N–H and O–H groups in total. The number of esters is 1. The summed E-state index contributed by atoms with van der Waals surface area (Å²) < 4.78 is 5.14. The number of nitrogens with one attached hydrogen (secondary N) is 2. The summed E-state index contributed by atoms with van der Waals surface area (Å²) in [4.78, 5) is 35.9. The monoisotopic (exact) mass is 396 g/mol. The molecule has 154 valence electrons. The minimum atomic E-state index is -0.550. The molecule has 6 heteroatoms. The van der Waals surface area contributed by atoms with Gasteiger partial charge in [-0.2, -0.15) is 0 Å². The van der Waals surface area contributed by atoms with Crippen LogP contribution in [0.1, 0.15) is 55.5 Å². The number of ether oxygens (including phenoxy) is 1. The van der Waals surface area contributed by atoms with E-state index in [0.29, 0.717) is 0 Å². The first kappa shape index (κ1) is 22.1. The SMILES string of the molecule is CCC(NC(=O)COC(=O)CC(NC(C)=O)c1ccccc1)c1ccc(C)cc1. The molecule has 2 amide bonds. The van der Waals surface area contributed by atoms with Gasteiger partial charge in [0.25, 0.3) is 5.91 Å². The fourth-order valence-electron chi connectivity index (χ4n) is 3.01. The van der Waals surface area contributed by atoms with Crippen LogP contribution < -0.4 is 10.6 Å². The number of hydrogen-bond acceptors (Lipinski definition) is 4. The first-order valence-corrected chi connectivity index (χ1v) is 9.72. The van der Waals surface area contributed by atoms with Crippen LogP contribution in [0.2, 0.25) is 0 Å². The van der Waals surface area contributed by atoms with Crippen molar-refractivity contribution in [2.45, 2.75) is 45.7 Å². The van der Waals surface area contributed by atoms with Crippen molar-refractivity contribution in [2.75, 3.05) is 6.61 Å². The van der Waals surface area contributed by atoms with Crippen LogP contribution in [-0.2, 0) is 19.1 Å². The van der Waals surface area contributed by atoms with Gasteiger partial charge in [0.1, 0.15) is 0 Å². The van der Waals surface area contributed by atoms with Crippen LogP contribution in [0, 0.1) is 6.92 Å². The summed E-state index contributed by atoms with van der Waals surface area (Å²) in [5.41, 5.74) is 2.96. The predicted molar refractivity (Wildman–Crippen MR) is 111 cm³/mol. The third-order valence-corrected chi connectivity index (χ3v) is 4.54. The first-order chi connectivity index (χ1) is 13.9. The second-order valence-corrected chi connectivity index (χ2v) is 6.97. The molecule has 0 saturated carbocycles. The summed E-state index contributed by atoms with van der Waals surface area (Å²) in [6.45, 7) is 5.02. The van der Waals surface area contributed by atoms with Gasteiger partial charge in [-0.3, -0.25) is 14.4 Å². The molecule has 2 rings (SSSR count). The van der Waals surface area contributed by atoms with Crippen molar-refractivity contribution in [2.24, 2.45) is 0 Å². The van der Waals surface area contributed by atoms with Crippen molar-refractivity contribution in [1.29, 1.82) is 0 Å². The van der Waals surface area contributed by atoms with E-state index in [1.165, 1.54) is 6.92 Å². The molecular formula is C23H28N2O4. The number of rotatable bonds is 9. The molecule has 0 heterocycles. The highest BCUT2D eigenvalue weighted by molar-refractivity contribution is 5.81. The molecule has 0 aliphatic heterocycles. The Labute approximate surface area is 171 Å². The third kappa shape index (κ3) is 7.41. The maximum Gasteiger partial charge on any atom is 0.308 e.